The molecule has 0 amide bonds. The van der Waals surface area contributed by atoms with Crippen LogP contribution >= 0.6 is 12.2 Å². The average molecular weight is 266 g/mol. The molecule has 1 aromatic rings. The van der Waals surface area contributed by atoms with Crippen molar-refractivity contribution in [3.05, 3.63) is 30.1 Å². The predicted octanol–water partition coefficient (Wildman–Crippen LogP) is 3.47. The highest BCUT2D eigenvalue weighted by Gasteiger charge is 2.17. The predicted molar refractivity (Wildman–Crippen MR) is 77.4 cm³/mol. The van der Waals surface area contributed by atoms with Gasteiger partial charge in [0, 0.05) is 13.1 Å². The summed E-state index contributed by atoms with van der Waals surface area (Å²) in [4.78, 5) is 1.71. The summed E-state index contributed by atoms with van der Waals surface area (Å²) < 4.78 is 13.6. The molecule has 18 heavy (non-hydrogen) atoms. The molecular formula is C14H19FN2S. The lowest BCUT2D eigenvalue weighted by Gasteiger charge is -2.28. The summed E-state index contributed by atoms with van der Waals surface area (Å²) in [5, 5.41) is 3.94. The lowest BCUT2D eigenvalue weighted by atomic mass is 9.96. The number of rotatable bonds is 2. The topological polar surface area (TPSA) is 15.3 Å². The smallest absolute Gasteiger partial charge is 0.173 e. The van der Waals surface area contributed by atoms with Gasteiger partial charge in [-0.2, -0.15) is 0 Å². The Balaban J connectivity index is 1.98. The van der Waals surface area contributed by atoms with E-state index in [-0.39, 0.29) is 5.82 Å². The summed E-state index contributed by atoms with van der Waals surface area (Å²) in [5.41, 5.74) is 0.519. The fourth-order valence-corrected chi connectivity index (χ4v) is 2.62. The third kappa shape index (κ3) is 3.19. The zero-order chi connectivity index (χ0) is 13.0. The minimum atomic E-state index is -0.243. The number of halogens is 1. The van der Waals surface area contributed by atoms with Crippen molar-refractivity contribution in [1.29, 1.82) is 0 Å². The van der Waals surface area contributed by atoms with Crippen LogP contribution in [0.15, 0.2) is 24.3 Å². The Bertz CT molecular complexity index is 416. The number of nitrogens with one attached hydrogen (secondary N) is 1. The Hall–Kier alpha value is -1.16. The first-order valence-electron chi connectivity index (χ1n) is 6.47. The number of benzene rings is 1. The Labute approximate surface area is 113 Å². The number of hydrogen-bond donors (Lipinski definition) is 1. The molecule has 1 aliphatic rings. The molecule has 4 heteroatoms. The van der Waals surface area contributed by atoms with Crippen molar-refractivity contribution in [2.75, 3.05) is 11.9 Å². The molecule has 0 unspecified atom stereocenters. The maximum atomic E-state index is 13.6. The minimum Gasteiger partial charge on any atom is -0.360 e. The highest BCUT2D eigenvalue weighted by Crippen LogP contribution is 2.20. The minimum absolute atomic E-state index is 0.243. The van der Waals surface area contributed by atoms with E-state index in [0.717, 1.165) is 12.8 Å². The number of hydrogen-bond acceptors (Lipinski definition) is 1. The third-order valence-electron chi connectivity index (χ3n) is 3.45. The van der Waals surface area contributed by atoms with Crippen LogP contribution in [-0.4, -0.2) is 18.2 Å². The lowest BCUT2D eigenvalue weighted by Crippen LogP contribution is -2.44. The molecule has 0 spiro atoms. The van der Waals surface area contributed by atoms with E-state index in [1.807, 2.05) is 6.07 Å². The summed E-state index contributed by atoms with van der Waals surface area (Å²) >= 11 is 5.35. The molecule has 0 heterocycles. The van der Waals surface area contributed by atoms with Gasteiger partial charge in [-0.15, -0.1) is 0 Å². The summed E-state index contributed by atoms with van der Waals surface area (Å²) in [5.74, 6) is -0.243. The van der Waals surface area contributed by atoms with Gasteiger partial charge < -0.3 is 10.2 Å². The quantitative estimate of drug-likeness (QED) is 0.825. The van der Waals surface area contributed by atoms with Crippen LogP contribution in [0.5, 0.6) is 0 Å². The molecule has 1 fully saturated rings. The number of para-hydroxylation sites is 1. The molecule has 2 rings (SSSR count). The number of anilines is 1. The van der Waals surface area contributed by atoms with E-state index < -0.39 is 0 Å². The molecule has 2 nitrogen and oxygen atoms in total. The molecule has 1 aromatic carbocycles. The van der Waals surface area contributed by atoms with Gasteiger partial charge in [-0.05, 0) is 37.2 Å². The van der Waals surface area contributed by atoms with Gasteiger partial charge >= 0.3 is 0 Å². The maximum Gasteiger partial charge on any atom is 0.173 e. The molecule has 0 radical (unpaired) electrons. The molecule has 0 saturated heterocycles. The van der Waals surface area contributed by atoms with Gasteiger partial charge in [-0.3, -0.25) is 0 Å². The summed E-state index contributed by atoms with van der Waals surface area (Å²) in [7, 11) is 1.80. The van der Waals surface area contributed by atoms with E-state index in [0.29, 0.717) is 16.8 Å². The molecule has 0 bridgehead atoms. The maximum absolute atomic E-state index is 13.6. The van der Waals surface area contributed by atoms with Crippen LogP contribution < -0.4 is 10.2 Å². The van der Waals surface area contributed by atoms with Crippen LogP contribution in [0.25, 0.3) is 0 Å². The van der Waals surface area contributed by atoms with Gasteiger partial charge in [0.05, 0.1) is 5.69 Å². The van der Waals surface area contributed by atoms with Gasteiger partial charge in [-0.1, -0.05) is 31.4 Å². The number of nitrogens with zero attached hydrogens (tertiary/aromatic N) is 1. The van der Waals surface area contributed by atoms with Crippen molar-refractivity contribution >= 4 is 23.0 Å². The highest BCUT2D eigenvalue weighted by molar-refractivity contribution is 7.80. The van der Waals surface area contributed by atoms with Crippen LogP contribution in [0.4, 0.5) is 10.1 Å². The van der Waals surface area contributed by atoms with E-state index >= 15 is 0 Å². The van der Waals surface area contributed by atoms with Gasteiger partial charge in [0.15, 0.2) is 5.11 Å². The monoisotopic (exact) mass is 266 g/mol. The van der Waals surface area contributed by atoms with Crippen LogP contribution in [0, 0.1) is 5.82 Å². The van der Waals surface area contributed by atoms with Gasteiger partial charge in [0.25, 0.3) is 0 Å². The molecule has 98 valence electrons. The zero-order valence-electron chi connectivity index (χ0n) is 10.7. The molecule has 0 aliphatic heterocycles. The van der Waals surface area contributed by atoms with E-state index in [1.165, 1.54) is 25.3 Å². The first-order valence-corrected chi connectivity index (χ1v) is 6.88. The van der Waals surface area contributed by atoms with E-state index in [1.54, 1.807) is 24.1 Å². The van der Waals surface area contributed by atoms with Crippen molar-refractivity contribution in [1.82, 2.24) is 5.32 Å². The first-order chi connectivity index (χ1) is 8.68. The molecule has 1 saturated carbocycles. The van der Waals surface area contributed by atoms with E-state index in [4.69, 9.17) is 12.2 Å². The molecule has 0 atom stereocenters. The summed E-state index contributed by atoms with van der Waals surface area (Å²) in [6, 6.07) is 7.14. The highest BCUT2D eigenvalue weighted by atomic mass is 32.1. The van der Waals surface area contributed by atoms with Crippen LogP contribution in [0.3, 0.4) is 0 Å². The van der Waals surface area contributed by atoms with E-state index in [2.05, 4.69) is 5.32 Å². The second kappa shape index (κ2) is 6.14. The van der Waals surface area contributed by atoms with Gasteiger partial charge in [0.2, 0.25) is 0 Å². The fourth-order valence-electron chi connectivity index (χ4n) is 2.35. The fraction of sp³-hybridized carbons (Fsp3) is 0.500. The second-order valence-corrected chi connectivity index (χ2v) is 5.18. The van der Waals surface area contributed by atoms with Crippen LogP contribution in [0.1, 0.15) is 32.1 Å². The summed E-state index contributed by atoms with van der Waals surface area (Å²) in [6.45, 7) is 0. The van der Waals surface area contributed by atoms with Crippen molar-refractivity contribution in [2.45, 2.75) is 38.1 Å². The second-order valence-electron chi connectivity index (χ2n) is 4.79. The zero-order valence-corrected chi connectivity index (χ0v) is 11.5. The largest absolute Gasteiger partial charge is 0.360 e. The third-order valence-corrected chi connectivity index (χ3v) is 3.84. The molecular weight excluding hydrogens is 247 g/mol. The normalized spacial score (nSPS) is 16.3. The molecule has 0 aromatic heterocycles. The Kier molecular flexibility index (Phi) is 4.53. The van der Waals surface area contributed by atoms with Gasteiger partial charge in [0.1, 0.15) is 5.82 Å². The molecule has 1 aliphatic carbocycles. The summed E-state index contributed by atoms with van der Waals surface area (Å²) in [6.07, 6.45) is 6.14. The SMILES string of the molecule is CN(C(=S)NC1CCCCC1)c1ccccc1F. The molecule has 1 N–H and O–H groups in total. The van der Waals surface area contributed by atoms with Crippen molar-refractivity contribution in [3.8, 4) is 0 Å². The number of thiocarbonyl (C=S) groups is 1. The Morgan fingerprint density at radius 1 is 1.28 bits per heavy atom. The van der Waals surface area contributed by atoms with Crippen molar-refractivity contribution in [3.63, 3.8) is 0 Å². The van der Waals surface area contributed by atoms with Gasteiger partial charge in [-0.25, -0.2) is 4.39 Å². The Morgan fingerprint density at radius 3 is 2.61 bits per heavy atom. The van der Waals surface area contributed by atoms with E-state index in [9.17, 15) is 4.39 Å². The Morgan fingerprint density at radius 2 is 1.94 bits per heavy atom. The van der Waals surface area contributed by atoms with Crippen LogP contribution in [0.2, 0.25) is 0 Å². The average Bonchev–Trinajstić information content (AvgIpc) is 2.39. The lowest BCUT2D eigenvalue weighted by molar-refractivity contribution is 0.413. The van der Waals surface area contributed by atoms with Crippen molar-refractivity contribution in [2.24, 2.45) is 0 Å². The first kappa shape index (κ1) is 13.3. The standard InChI is InChI=1S/C14H19FN2S/c1-17(13-10-6-5-9-12(13)15)14(18)16-11-7-3-2-4-8-11/h5-6,9-11H,2-4,7-8H2,1H3,(H,16,18). The van der Waals surface area contributed by atoms with Crippen LogP contribution in [-0.2, 0) is 0 Å². The van der Waals surface area contributed by atoms with Crippen molar-refractivity contribution < 1.29 is 4.39 Å².